The molecule has 0 aromatic heterocycles. The van der Waals surface area contributed by atoms with E-state index in [1.165, 1.54) is 0 Å². The molecule has 1 aliphatic carbocycles. The highest BCUT2D eigenvalue weighted by atomic mass is 16.2. The minimum Gasteiger partial charge on any atom is -0.398 e. The van der Waals surface area contributed by atoms with E-state index in [1.807, 2.05) is 41.3 Å². The standard InChI is InChI=1S/C17H18N2O/c1-2-9-19(14-7-8-14)17(20)15-10-12-5-3-4-6-13(12)11-16(15)18/h2-6,10-11,14H,1,7-9,18H2. The van der Waals surface area contributed by atoms with E-state index in [9.17, 15) is 4.79 Å². The quantitative estimate of drug-likeness (QED) is 0.682. The number of nitrogens with two attached hydrogens (primary N) is 1. The zero-order chi connectivity index (χ0) is 14.1. The summed E-state index contributed by atoms with van der Waals surface area (Å²) in [6.07, 6.45) is 3.92. The van der Waals surface area contributed by atoms with E-state index >= 15 is 0 Å². The molecule has 102 valence electrons. The first-order valence-electron chi connectivity index (χ1n) is 6.91. The highest BCUT2D eigenvalue weighted by molar-refractivity contribution is 6.04. The van der Waals surface area contributed by atoms with Crippen LogP contribution in [-0.4, -0.2) is 23.4 Å². The van der Waals surface area contributed by atoms with Gasteiger partial charge in [0.25, 0.3) is 5.91 Å². The van der Waals surface area contributed by atoms with Crippen LogP contribution in [0.4, 0.5) is 5.69 Å². The summed E-state index contributed by atoms with van der Waals surface area (Å²) in [6.45, 7) is 4.31. The van der Waals surface area contributed by atoms with Gasteiger partial charge < -0.3 is 10.6 Å². The van der Waals surface area contributed by atoms with Crippen LogP contribution in [0.5, 0.6) is 0 Å². The predicted molar refractivity (Wildman–Crippen MR) is 82.6 cm³/mol. The Hall–Kier alpha value is -2.29. The zero-order valence-corrected chi connectivity index (χ0v) is 11.4. The van der Waals surface area contributed by atoms with Gasteiger partial charge in [0, 0.05) is 18.3 Å². The van der Waals surface area contributed by atoms with Crippen molar-refractivity contribution >= 4 is 22.4 Å². The van der Waals surface area contributed by atoms with Crippen molar-refractivity contribution in [1.29, 1.82) is 0 Å². The largest absolute Gasteiger partial charge is 0.398 e. The van der Waals surface area contributed by atoms with Crippen molar-refractivity contribution in [2.45, 2.75) is 18.9 Å². The number of rotatable bonds is 4. The molecule has 0 unspecified atom stereocenters. The Morgan fingerprint density at radius 1 is 1.30 bits per heavy atom. The SMILES string of the molecule is C=CCN(C(=O)c1cc2ccccc2cc1N)C1CC1. The lowest BCUT2D eigenvalue weighted by atomic mass is 10.0. The van der Waals surface area contributed by atoms with Crippen LogP contribution in [0.3, 0.4) is 0 Å². The van der Waals surface area contributed by atoms with Gasteiger partial charge in [0.1, 0.15) is 0 Å². The highest BCUT2D eigenvalue weighted by Gasteiger charge is 2.32. The summed E-state index contributed by atoms with van der Waals surface area (Å²) in [6, 6.07) is 12.1. The molecule has 20 heavy (non-hydrogen) atoms. The monoisotopic (exact) mass is 266 g/mol. The van der Waals surface area contributed by atoms with E-state index in [2.05, 4.69) is 6.58 Å². The molecule has 2 aromatic carbocycles. The molecule has 2 N–H and O–H groups in total. The van der Waals surface area contributed by atoms with Crippen molar-refractivity contribution in [1.82, 2.24) is 4.90 Å². The van der Waals surface area contributed by atoms with Crippen molar-refractivity contribution < 1.29 is 4.79 Å². The van der Waals surface area contributed by atoms with E-state index < -0.39 is 0 Å². The Balaban J connectivity index is 2.01. The molecule has 1 saturated carbocycles. The summed E-state index contributed by atoms with van der Waals surface area (Å²) in [4.78, 5) is 14.5. The molecule has 0 bridgehead atoms. The van der Waals surface area contributed by atoms with E-state index in [4.69, 9.17) is 5.73 Å². The predicted octanol–water partition coefficient (Wildman–Crippen LogP) is 3.21. The Morgan fingerprint density at radius 2 is 1.95 bits per heavy atom. The Labute approximate surface area is 118 Å². The molecular weight excluding hydrogens is 248 g/mol. The molecule has 0 aliphatic heterocycles. The fraction of sp³-hybridized carbons (Fsp3) is 0.235. The molecular formula is C17H18N2O. The average molecular weight is 266 g/mol. The summed E-state index contributed by atoms with van der Waals surface area (Å²) in [5, 5.41) is 2.10. The van der Waals surface area contributed by atoms with E-state index in [-0.39, 0.29) is 5.91 Å². The number of hydrogen-bond donors (Lipinski definition) is 1. The van der Waals surface area contributed by atoms with Crippen LogP contribution in [0.2, 0.25) is 0 Å². The first-order valence-corrected chi connectivity index (χ1v) is 6.91. The fourth-order valence-corrected chi connectivity index (χ4v) is 2.52. The molecule has 0 spiro atoms. The lowest BCUT2D eigenvalue weighted by molar-refractivity contribution is 0.0764. The maximum Gasteiger partial charge on any atom is 0.256 e. The third kappa shape index (κ3) is 2.27. The Bertz CT molecular complexity index is 674. The van der Waals surface area contributed by atoms with Gasteiger partial charge in [-0.2, -0.15) is 0 Å². The summed E-state index contributed by atoms with van der Waals surface area (Å²) in [5.74, 6) is 0.00986. The first-order chi connectivity index (χ1) is 9.70. The number of hydrogen-bond acceptors (Lipinski definition) is 2. The molecule has 2 aromatic rings. The number of carbonyl (C=O) groups is 1. The number of fused-ring (bicyclic) bond motifs is 1. The van der Waals surface area contributed by atoms with Gasteiger partial charge in [-0.05, 0) is 35.7 Å². The van der Waals surface area contributed by atoms with Crippen molar-refractivity contribution in [3.8, 4) is 0 Å². The van der Waals surface area contributed by atoms with Crippen molar-refractivity contribution in [3.63, 3.8) is 0 Å². The summed E-state index contributed by atoms with van der Waals surface area (Å²) in [7, 11) is 0. The van der Waals surface area contributed by atoms with Crippen molar-refractivity contribution in [2.24, 2.45) is 0 Å². The second-order valence-electron chi connectivity index (χ2n) is 5.26. The van der Waals surface area contributed by atoms with E-state index in [0.717, 1.165) is 23.6 Å². The van der Waals surface area contributed by atoms with E-state index in [0.29, 0.717) is 23.8 Å². The van der Waals surface area contributed by atoms with Crippen LogP contribution in [0.15, 0.2) is 49.1 Å². The maximum atomic E-state index is 12.7. The van der Waals surface area contributed by atoms with Gasteiger partial charge >= 0.3 is 0 Å². The van der Waals surface area contributed by atoms with Gasteiger partial charge in [-0.1, -0.05) is 30.3 Å². The van der Waals surface area contributed by atoms with Gasteiger partial charge in [-0.15, -0.1) is 6.58 Å². The zero-order valence-electron chi connectivity index (χ0n) is 11.4. The van der Waals surface area contributed by atoms with Gasteiger partial charge in [-0.3, -0.25) is 4.79 Å². The Kier molecular flexibility index (Phi) is 3.18. The van der Waals surface area contributed by atoms with Crippen molar-refractivity contribution in [3.05, 3.63) is 54.6 Å². The van der Waals surface area contributed by atoms with Gasteiger partial charge in [0.05, 0.1) is 5.56 Å². The topological polar surface area (TPSA) is 46.3 Å². The number of benzene rings is 2. The van der Waals surface area contributed by atoms with Gasteiger partial charge in [-0.25, -0.2) is 0 Å². The smallest absolute Gasteiger partial charge is 0.256 e. The average Bonchev–Trinajstić information content (AvgIpc) is 3.28. The molecule has 0 atom stereocenters. The summed E-state index contributed by atoms with van der Waals surface area (Å²) < 4.78 is 0. The summed E-state index contributed by atoms with van der Waals surface area (Å²) in [5.41, 5.74) is 7.21. The third-order valence-electron chi connectivity index (χ3n) is 3.72. The molecule has 3 nitrogen and oxygen atoms in total. The first kappa shape index (κ1) is 12.7. The third-order valence-corrected chi connectivity index (χ3v) is 3.72. The normalized spacial score (nSPS) is 14.2. The molecule has 3 heteroatoms. The summed E-state index contributed by atoms with van der Waals surface area (Å²) >= 11 is 0. The highest BCUT2D eigenvalue weighted by Crippen LogP contribution is 2.30. The number of nitrogen functional groups attached to an aromatic ring is 1. The maximum absolute atomic E-state index is 12.7. The van der Waals surface area contributed by atoms with Crippen LogP contribution in [0, 0.1) is 0 Å². The molecule has 0 saturated heterocycles. The van der Waals surface area contributed by atoms with Gasteiger partial charge in [0.2, 0.25) is 0 Å². The van der Waals surface area contributed by atoms with Gasteiger partial charge in [0.15, 0.2) is 0 Å². The van der Waals surface area contributed by atoms with Crippen molar-refractivity contribution in [2.75, 3.05) is 12.3 Å². The molecule has 3 rings (SSSR count). The van der Waals surface area contributed by atoms with E-state index in [1.54, 1.807) is 6.08 Å². The fourth-order valence-electron chi connectivity index (χ4n) is 2.52. The molecule has 0 heterocycles. The minimum absolute atomic E-state index is 0.00986. The number of anilines is 1. The molecule has 1 fully saturated rings. The molecule has 1 aliphatic rings. The number of nitrogens with zero attached hydrogens (tertiary/aromatic N) is 1. The number of carbonyl (C=O) groups excluding carboxylic acids is 1. The second kappa shape index (κ2) is 5.00. The van der Waals surface area contributed by atoms with Crippen LogP contribution >= 0.6 is 0 Å². The second-order valence-corrected chi connectivity index (χ2v) is 5.26. The van der Waals surface area contributed by atoms with Crippen LogP contribution in [-0.2, 0) is 0 Å². The minimum atomic E-state index is 0.00986. The van der Waals surface area contributed by atoms with Crippen LogP contribution in [0.1, 0.15) is 23.2 Å². The van der Waals surface area contributed by atoms with Crippen LogP contribution < -0.4 is 5.73 Å². The molecule has 1 amide bonds. The number of amides is 1. The lowest BCUT2D eigenvalue weighted by Gasteiger charge is -2.21. The lowest BCUT2D eigenvalue weighted by Crippen LogP contribution is -2.33. The molecule has 0 radical (unpaired) electrons. The Morgan fingerprint density at radius 3 is 2.55 bits per heavy atom. The van der Waals surface area contributed by atoms with Crippen LogP contribution in [0.25, 0.3) is 10.8 Å².